The minimum absolute atomic E-state index is 0.223. The number of likely N-dealkylation sites (N-methyl/N-ethyl adjacent to an activating group) is 1. The highest BCUT2D eigenvalue weighted by Crippen LogP contribution is 2.47. The number of nitrogens with one attached hydrogen (secondary N) is 1. The maximum absolute atomic E-state index is 12.9. The van der Waals surface area contributed by atoms with Gasteiger partial charge >= 0.3 is 12.4 Å². The zero-order valence-corrected chi connectivity index (χ0v) is 11.1. The van der Waals surface area contributed by atoms with E-state index in [1.165, 1.54) is 6.20 Å². The molecule has 1 heterocycles. The third-order valence-electron chi connectivity index (χ3n) is 3.83. The molecule has 0 saturated carbocycles. The standard InChI is InChI=1S/C13H14F6N2/c1-20-10(11(12(14,15)16)13(17,18)19)8-5-4-7-3-2-6-21-9(7)8/h2-3,6,8,10-11,20H,4-5H2,1H3. The monoisotopic (exact) mass is 312 g/mol. The molecule has 0 amide bonds. The van der Waals surface area contributed by atoms with E-state index in [1.54, 1.807) is 12.1 Å². The summed E-state index contributed by atoms with van der Waals surface area (Å²) in [6.07, 6.45) is -8.66. The first-order valence-corrected chi connectivity index (χ1v) is 6.40. The van der Waals surface area contributed by atoms with Gasteiger partial charge in [-0.05, 0) is 31.5 Å². The second-order valence-corrected chi connectivity index (χ2v) is 5.07. The van der Waals surface area contributed by atoms with Gasteiger partial charge < -0.3 is 5.32 Å². The zero-order valence-electron chi connectivity index (χ0n) is 11.1. The minimum atomic E-state index is -5.36. The van der Waals surface area contributed by atoms with Crippen LogP contribution in [-0.4, -0.2) is 30.4 Å². The summed E-state index contributed by atoms with van der Waals surface area (Å²) in [5, 5.41) is 2.22. The summed E-state index contributed by atoms with van der Waals surface area (Å²) in [6.45, 7) is 0. The topological polar surface area (TPSA) is 24.9 Å². The quantitative estimate of drug-likeness (QED) is 0.865. The molecule has 0 radical (unpaired) electrons. The van der Waals surface area contributed by atoms with Crippen molar-refractivity contribution in [3.8, 4) is 0 Å². The second kappa shape index (κ2) is 5.47. The molecule has 0 saturated heterocycles. The molecule has 1 aromatic heterocycles. The van der Waals surface area contributed by atoms with Gasteiger partial charge in [-0.2, -0.15) is 26.3 Å². The minimum Gasteiger partial charge on any atom is -0.315 e. The Kier molecular flexibility index (Phi) is 4.19. The van der Waals surface area contributed by atoms with Gasteiger partial charge in [0.1, 0.15) is 0 Å². The van der Waals surface area contributed by atoms with Crippen molar-refractivity contribution >= 4 is 0 Å². The molecule has 1 aliphatic carbocycles. The Labute approximate surface area is 117 Å². The van der Waals surface area contributed by atoms with Gasteiger partial charge in [0.2, 0.25) is 0 Å². The molecular weight excluding hydrogens is 298 g/mol. The highest BCUT2D eigenvalue weighted by Gasteiger charge is 2.61. The molecular formula is C13H14F6N2. The molecule has 1 aromatic rings. The van der Waals surface area contributed by atoms with Gasteiger partial charge in [-0.1, -0.05) is 6.07 Å². The molecule has 8 heteroatoms. The average Bonchev–Trinajstić information content (AvgIpc) is 2.76. The molecule has 21 heavy (non-hydrogen) atoms. The van der Waals surface area contributed by atoms with Crippen LogP contribution in [0.5, 0.6) is 0 Å². The summed E-state index contributed by atoms with van der Waals surface area (Å²) < 4.78 is 77.4. The van der Waals surface area contributed by atoms with E-state index in [-0.39, 0.29) is 6.42 Å². The molecule has 2 atom stereocenters. The highest BCUT2D eigenvalue weighted by atomic mass is 19.4. The van der Waals surface area contributed by atoms with E-state index in [0.717, 1.165) is 7.05 Å². The number of alkyl halides is 6. The van der Waals surface area contributed by atoms with Crippen molar-refractivity contribution in [1.29, 1.82) is 0 Å². The number of hydrogen-bond acceptors (Lipinski definition) is 2. The Morgan fingerprint density at radius 1 is 1.19 bits per heavy atom. The van der Waals surface area contributed by atoms with Crippen LogP contribution in [0.2, 0.25) is 0 Å². The molecule has 2 rings (SSSR count). The Balaban J connectivity index is 2.39. The summed E-state index contributed by atoms with van der Waals surface area (Å²) in [6, 6.07) is 1.53. The van der Waals surface area contributed by atoms with Gasteiger partial charge in [-0.25, -0.2) is 0 Å². The molecule has 0 aromatic carbocycles. The largest absolute Gasteiger partial charge is 0.402 e. The first-order chi connectivity index (χ1) is 9.66. The number of fused-ring (bicyclic) bond motifs is 1. The lowest BCUT2D eigenvalue weighted by Gasteiger charge is -2.34. The first kappa shape index (κ1) is 16.1. The molecule has 2 unspecified atom stereocenters. The fourth-order valence-electron chi connectivity index (χ4n) is 2.99. The third-order valence-corrected chi connectivity index (χ3v) is 3.83. The molecule has 0 aliphatic heterocycles. The van der Waals surface area contributed by atoms with Gasteiger partial charge in [-0.3, -0.25) is 4.98 Å². The highest BCUT2D eigenvalue weighted by molar-refractivity contribution is 5.30. The van der Waals surface area contributed by atoms with Crippen LogP contribution in [0.15, 0.2) is 18.3 Å². The van der Waals surface area contributed by atoms with Crippen LogP contribution in [0, 0.1) is 5.92 Å². The van der Waals surface area contributed by atoms with Crippen LogP contribution in [0.3, 0.4) is 0 Å². The van der Waals surface area contributed by atoms with E-state index in [4.69, 9.17) is 0 Å². The number of aryl methyl sites for hydroxylation is 1. The third kappa shape index (κ3) is 3.14. The van der Waals surface area contributed by atoms with Gasteiger partial charge in [0.05, 0.1) is 0 Å². The first-order valence-electron chi connectivity index (χ1n) is 6.40. The summed E-state index contributed by atoms with van der Waals surface area (Å²) in [5.41, 5.74) is 1.04. The van der Waals surface area contributed by atoms with Crippen molar-refractivity contribution < 1.29 is 26.3 Å². The van der Waals surface area contributed by atoms with E-state index >= 15 is 0 Å². The summed E-state index contributed by atoms with van der Waals surface area (Å²) >= 11 is 0. The van der Waals surface area contributed by atoms with Gasteiger partial charge in [0.15, 0.2) is 5.92 Å². The van der Waals surface area contributed by atoms with Crippen LogP contribution in [0.4, 0.5) is 26.3 Å². The molecule has 0 spiro atoms. The fourth-order valence-corrected chi connectivity index (χ4v) is 2.99. The SMILES string of the molecule is CNC(C1CCc2cccnc21)C(C(F)(F)F)C(F)(F)F. The van der Waals surface area contributed by atoms with Crippen molar-refractivity contribution in [1.82, 2.24) is 10.3 Å². The van der Waals surface area contributed by atoms with Gasteiger partial charge in [0, 0.05) is 23.9 Å². The number of nitrogens with zero attached hydrogens (tertiary/aromatic N) is 1. The van der Waals surface area contributed by atoms with E-state index in [0.29, 0.717) is 17.7 Å². The molecule has 1 N–H and O–H groups in total. The number of rotatable bonds is 3. The van der Waals surface area contributed by atoms with Crippen LogP contribution in [0.25, 0.3) is 0 Å². The Morgan fingerprint density at radius 3 is 2.33 bits per heavy atom. The predicted molar refractivity (Wildman–Crippen MR) is 63.7 cm³/mol. The van der Waals surface area contributed by atoms with E-state index in [1.807, 2.05) is 0 Å². The number of pyridine rings is 1. The maximum atomic E-state index is 12.9. The van der Waals surface area contributed by atoms with Crippen LogP contribution in [0.1, 0.15) is 23.6 Å². The molecule has 118 valence electrons. The van der Waals surface area contributed by atoms with Crippen LogP contribution in [-0.2, 0) is 6.42 Å². The van der Waals surface area contributed by atoms with Crippen molar-refractivity contribution in [3.63, 3.8) is 0 Å². The number of hydrogen-bond donors (Lipinski definition) is 1. The molecule has 0 fully saturated rings. The Bertz CT molecular complexity index is 482. The van der Waals surface area contributed by atoms with Gasteiger partial charge in [-0.15, -0.1) is 0 Å². The Morgan fingerprint density at radius 2 is 1.81 bits per heavy atom. The summed E-state index contributed by atoms with van der Waals surface area (Å²) in [7, 11) is 1.12. The zero-order chi connectivity index (χ0) is 15.8. The number of aromatic nitrogens is 1. The van der Waals surface area contributed by atoms with E-state index in [2.05, 4.69) is 10.3 Å². The Hall–Kier alpha value is -1.31. The fraction of sp³-hybridized carbons (Fsp3) is 0.615. The molecule has 2 nitrogen and oxygen atoms in total. The lowest BCUT2D eigenvalue weighted by Crippen LogP contribution is -2.52. The number of halogens is 6. The van der Waals surface area contributed by atoms with E-state index in [9.17, 15) is 26.3 Å². The second-order valence-electron chi connectivity index (χ2n) is 5.07. The lowest BCUT2D eigenvalue weighted by atomic mass is 9.85. The van der Waals surface area contributed by atoms with Gasteiger partial charge in [0.25, 0.3) is 0 Å². The molecule has 1 aliphatic rings. The summed E-state index contributed by atoms with van der Waals surface area (Å²) in [5.74, 6) is -4.31. The smallest absolute Gasteiger partial charge is 0.315 e. The van der Waals surface area contributed by atoms with Crippen molar-refractivity contribution in [2.45, 2.75) is 37.2 Å². The lowest BCUT2D eigenvalue weighted by molar-refractivity contribution is -0.293. The maximum Gasteiger partial charge on any atom is 0.402 e. The van der Waals surface area contributed by atoms with Crippen molar-refractivity contribution in [2.24, 2.45) is 5.92 Å². The van der Waals surface area contributed by atoms with Crippen LogP contribution >= 0.6 is 0 Å². The van der Waals surface area contributed by atoms with E-state index < -0.39 is 30.2 Å². The van der Waals surface area contributed by atoms with Crippen LogP contribution < -0.4 is 5.32 Å². The summed E-state index contributed by atoms with van der Waals surface area (Å²) in [4.78, 5) is 3.98. The molecule has 0 bridgehead atoms. The van der Waals surface area contributed by atoms with Crippen molar-refractivity contribution in [3.05, 3.63) is 29.6 Å². The predicted octanol–water partition coefficient (Wildman–Crippen LogP) is 3.44. The normalized spacial score (nSPS) is 20.7. The average molecular weight is 312 g/mol. The van der Waals surface area contributed by atoms with Crippen molar-refractivity contribution in [2.75, 3.05) is 7.05 Å².